The minimum Gasteiger partial charge on any atom is -0.313 e. The summed E-state index contributed by atoms with van der Waals surface area (Å²) in [5, 5.41) is 13.7. The molecular formula is C21H20F3N3O4. The van der Waals surface area contributed by atoms with Crippen molar-refractivity contribution in [1.82, 2.24) is 10.2 Å². The van der Waals surface area contributed by atoms with Crippen LogP contribution in [-0.4, -0.2) is 53.6 Å². The number of hydrogen-bond acceptors (Lipinski definition) is 6. The fraction of sp³-hybridized carbons (Fsp3) is 0.333. The van der Waals surface area contributed by atoms with Crippen LogP contribution >= 0.6 is 0 Å². The Kier molecular flexibility index (Phi) is 6.81. The molecule has 164 valence electrons. The van der Waals surface area contributed by atoms with Gasteiger partial charge in [0.05, 0.1) is 16.5 Å². The fourth-order valence-electron chi connectivity index (χ4n) is 3.56. The van der Waals surface area contributed by atoms with Crippen LogP contribution in [0.5, 0.6) is 0 Å². The first-order valence-electron chi connectivity index (χ1n) is 9.61. The van der Waals surface area contributed by atoms with Crippen LogP contribution in [0.4, 0.5) is 18.9 Å². The molecule has 0 spiro atoms. The Balaban J connectivity index is 1.72. The molecule has 1 unspecified atom stereocenters. The molecule has 1 fully saturated rings. The smallest absolute Gasteiger partial charge is 0.313 e. The number of halogens is 3. The van der Waals surface area contributed by atoms with Crippen molar-refractivity contribution in [2.24, 2.45) is 0 Å². The Morgan fingerprint density at radius 3 is 2.45 bits per heavy atom. The highest BCUT2D eigenvalue weighted by Crippen LogP contribution is 2.32. The zero-order chi connectivity index (χ0) is 22.6. The number of nitro groups is 1. The Bertz CT molecular complexity index is 977. The summed E-state index contributed by atoms with van der Waals surface area (Å²) in [5.41, 5.74) is -1.21. The van der Waals surface area contributed by atoms with Crippen LogP contribution in [0, 0.1) is 10.1 Å². The van der Waals surface area contributed by atoms with Crippen molar-refractivity contribution in [2.75, 3.05) is 26.2 Å². The van der Waals surface area contributed by atoms with Crippen molar-refractivity contribution < 1.29 is 27.7 Å². The van der Waals surface area contributed by atoms with Crippen LogP contribution in [0.2, 0.25) is 0 Å². The van der Waals surface area contributed by atoms with Gasteiger partial charge in [-0.3, -0.25) is 24.6 Å². The Morgan fingerprint density at radius 1 is 1.13 bits per heavy atom. The number of piperazine rings is 1. The van der Waals surface area contributed by atoms with E-state index in [2.05, 4.69) is 5.32 Å². The lowest BCUT2D eigenvalue weighted by Crippen LogP contribution is -2.55. The first kappa shape index (κ1) is 22.6. The van der Waals surface area contributed by atoms with Crippen LogP contribution < -0.4 is 5.32 Å². The molecule has 1 atom stereocenters. The van der Waals surface area contributed by atoms with E-state index in [0.29, 0.717) is 18.7 Å². The van der Waals surface area contributed by atoms with E-state index in [1.807, 2.05) is 0 Å². The van der Waals surface area contributed by atoms with Gasteiger partial charge in [0.1, 0.15) is 0 Å². The van der Waals surface area contributed by atoms with Gasteiger partial charge < -0.3 is 5.32 Å². The molecule has 2 aromatic carbocycles. The molecule has 0 saturated carbocycles. The summed E-state index contributed by atoms with van der Waals surface area (Å²) in [5.74, 6) is -0.918. The molecule has 7 nitrogen and oxygen atoms in total. The van der Waals surface area contributed by atoms with Crippen LogP contribution in [-0.2, 0) is 6.18 Å². The van der Waals surface area contributed by atoms with Crippen molar-refractivity contribution in [3.8, 4) is 0 Å². The number of nitrogens with one attached hydrogen (secondary N) is 1. The van der Waals surface area contributed by atoms with E-state index in [-0.39, 0.29) is 31.0 Å². The molecule has 1 N–H and O–H groups in total. The van der Waals surface area contributed by atoms with Crippen LogP contribution in [0.1, 0.15) is 32.7 Å². The maximum atomic E-state index is 13.3. The lowest BCUT2D eigenvalue weighted by atomic mass is 9.96. The number of carbonyl (C=O) groups is 2. The molecule has 31 heavy (non-hydrogen) atoms. The van der Waals surface area contributed by atoms with Gasteiger partial charge in [-0.2, -0.15) is 13.2 Å². The number of non-ortho nitro benzene ring substituents is 1. The van der Waals surface area contributed by atoms with Gasteiger partial charge in [-0.25, -0.2) is 0 Å². The van der Waals surface area contributed by atoms with Gasteiger partial charge in [0, 0.05) is 55.9 Å². The second-order valence-electron chi connectivity index (χ2n) is 7.14. The highest BCUT2D eigenvalue weighted by Gasteiger charge is 2.38. The Morgan fingerprint density at radius 2 is 1.81 bits per heavy atom. The highest BCUT2D eigenvalue weighted by molar-refractivity contribution is 6.02. The molecule has 3 rings (SSSR count). The zero-order valence-electron chi connectivity index (χ0n) is 16.4. The van der Waals surface area contributed by atoms with Crippen LogP contribution in [0.25, 0.3) is 0 Å². The first-order valence-corrected chi connectivity index (χ1v) is 9.61. The summed E-state index contributed by atoms with van der Waals surface area (Å²) in [6, 6.07) is 9.03. The number of carbonyl (C=O) groups excluding carboxylic acids is 2. The fourth-order valence-corrected chi connectivity index (χ4v) is 3.56. The first-order chi connectivity index (χ1) is 14.7. The zero-order valence-corrected chi connectivity index (χ0v) is 16.4. The quantitative estimate of drug-likeness (QED) is 0.407. The number of alkyl halides is 3. The van der Waals surface area contributed by atoms with Crippen molar-refractivity contribution in [3.63, 3.8) is 0 Å². The second kappa shape index (κ2) is 9.36. The topological polar surface area (TPSA) is 92.6 Å². The summed E-state index contributed by atoms with van der Waals surface area (Å²) in [6.45, 7) is 1.30. The van der Waals surface area contributed by atoms with Crippen molar-refractivity contribution >= 4 is 17.3 Å². The third-order valence-electron chi connectivity index (χ3n) is 5.18. The maximum absolute atomic E-state index is 13.3. The molecule has 0 bridgehead atoms. The van der Waals surface area contributed by atoms with Crippen LogP contribution in [0.3, 0.4) is 0 Å². The Hall–Kier alpha value is -3.11. The average molecular weight is 435 g/mol. The molecule has 0 radical (unpaired) electrons. The molecule has 1 saturated heterocycles. The van der Waals surface area contributed by atoms with Gasteiger partial charge in [-0.15, -0.1) is 0 Å². The number of ketones is 2. The van der Waals surface area contributed by atoms with Crippen LogP contribution in [0.15, 0.2) is 48.5 Å². The number of rotatable bonds is 7. The monoisotopic (exact) mass is 435 g/mol. The number of nitrogens with zero attached hydrogens (tertiary/aromatic N) is 2. The number of Topliss-reactive ketones (excluding diaryl/α,β-unsaturated/α-hetero) is 2. The van der Waals surface area contributed by atoms with E-state index >= 15 is 0 Å². The molecule has 0 aromatic heterocycles. The molecule has 1 aliphatic heterocycles. The predicted molar refractivity (Wildman–Crippen MR) is 106 cm³/mol. The van der Waals surface area contributed by atoms with Gasteiger partial charge in [-0.05, 0) is 18.2 Å². The Labute approximate surface area is 176 Å². The summed E-state index contributed by atoms with van der Waals surface area (Å²) in [4.78, 5) is 37.3. The van der Waals surface area contributed by atoms with Crippen molar-refractivity contribution in [1.29, 1.82) is 0 Å². The molecule has 2 aromatic rings. The lowest BCUT2D eigenvalue weighted by molar-refractivity contribution is -0.384. The van der Waals surface area contributed by atoms with E-state index in [9.17, 15) is 32.9 Å². The van der Waals surface area contributed by atoms with E-state index in [1.165, 1.54) is 42.5 Å². The average Bonchev–Trinajstić information content (AvgIpc) is 2.76. The number of hydrogen-bond donors (Lipinski definition) is 1. The maximum Gasteiger partial charge on any atom is 0.417 e. The largest absolute Gasteiger partial charge is 0.417 e. The standard InChI is InChI=1S/C21H20F3N3O4/c22-21(23,24)17-4-2-1-3-16(17)20(29)18-13-25-10-12-26(18)11-9-19(28)14-5-7-15(8-6-14)27(30)31/h1-8,18,25H,9-13H2. The van der Waals surface area contributed by atoms with E-state index < -0.39 is 34.1 Å². The molecule has 10 heteroatoms. The number of benzene rings is 2. The summed E-state index contributed by atoms with van der Waals surface area (Å²) in [7, 11) is 0. The highest BCUT2D eigenvalue weighted by atomic mass is 19.4. The second-order valence-corrected chi connectivity index (χ2v) is 7.14. The number of nitro benzene ring substituents is 1. The SMILES string of the molecule is O=C(CCN1CCNCC1C(=O)c1ccccc1C(F)(F)F)c1ccc([N+](=O)[O-])cc1. The molecular weight excluding hydrogens is 415 g/mol. The molecule has 1 aliphatic rings. The predicted octanol–water partition coefficient (Wildman–Crippen LogP) is 3.34. The summed E-state index contributed by atoms with van der Waals surface area (Å²) >= 11 is 0. The minimum absolute atomic E-state index is 0.0303. The van der Waals surface area contributed by atoms with Gasteiger partial charge in [0.25, 0.3) is 5.69 Å². The molecule has 0 aliphatic carbocycles. The summed E-state index contributed by atoms with van der Waals surface area (Å²) in [6.07, 6.45) is -4.62. The lowest BCUT2D eigenvalue weighted by Gasteiger charge is -2.35. The third kappa shape index (κ3) is 5.33. The summed E-state index contributed by atoms with van der Waals surface area (Å²) < 4.78 is 40.0. The van der Waals surface area contributed by atoms with Gasteiger partial charge in [-0.1, -0.05) is 18.2 Å². The van der Waals surface area contributed by atoms with Gasteiger partial charge >= 0.3 is 6.18 Å². The third-order valence-corrected chi connectivity index (χ3v) is 5.18. The van der Waals surface area contributed by atoms with E-state index in [0.717, 1.165) is 6.07 Å². The van der Waals surface area contributed by atoms with Crippen molar-refractivity contribution in [3.05, 3.63) is 75.3 Å². The van der Waals surface area contributed by atoms with E-state index in [4.69, 9.17) is 0 Å². The van der Waals surface area contributed by atoms with Gasteiger partial charge in [0.2, 0.25) is 0 Å². The van der Waals surface area contributed by atoms with E-state index in [1.54, 1.807) is 4.90 Å². The minimum atomic E-state index is -4.65. The molecule has 1 heterocycles. The normalized spacial score (nSPS) is 17.3. The molecule has 0 amide bonds. The van der Waals surface area contributed by atoms with Gasteiger partial charge in [0.15, 0.2) is 11.6 Å². The van der Waals surface area contributed by atoms with Crippen molar-refractivity contribution in [2.45, 2.75) is 18.6 Å².